The Kier molecular flexibility index (Phi) is 4.15. The van der Waals surface area contributed by atoms with Crippen LogP contribution in [0.2, 0.25) is 0 Å². The van der Waals surface area contributed by atoms with Gasteiger partial charge in [0.15, 0.2) is 0 Å². The Labute approximate surface area is 182 Å². The van der Waals surface area contributed by atoms with Crippen LogP contribution in [0.25, 0.3) is 16.1 Å². The van der Waals surface area contributed by atoms with Gasteiger partial charge in [0.25, 0.3) is 0 Å². The summed E-state index contributed by atoms with van der Waals surface area (Å²) in [5.74, 6) is 1.86. The number of aryl methyl sites for hydroxylation is 1. The van der Waals surface area contributed by atoms with Gasteiger partial charge in [0, 0.05) is 5.56 Å². The van der Waals surface area contributed by atoms with Gasteiger partial charge in [-0.1, -0.05) is 32.1 Å². The molecule has 2 fully saturated rings. The molecular weight excluding hydrogens is 393 g/mol. The Morgan fingerprint density at radius 1 is 1.13 bits per heavy atom. The van der Waals surface area contributed by atoms with Crippen LogP contribution in [0, 0.1) is 34.4 Å². The smallest absolute Gasteiger partial charge is 0.124 e. The van der Waals surface area contributed by atoms with Gasteiger partial charge in [-0.15, -0.1) is 11.3 Å². The Morgan fingerprint density at radius 3 is 2.83 bits per heavy atom. The third-order valence-electron chi connectivity index (χ3n) is 9.31. The van der Waals surface area contributed by atoms with E-state index in [9.17, 15) is 9.50 Å². The van der Waals surface area contributed by atoms with Gasteiger partial charge >= 0.3 is 0 Å². The van der Waals surface area contributed by atoms with Crippen LogP contribution in [0.3, 0.4) is 0 Å². The van der Waals surface area contributed by atoms with E-state index in [-0.39, 0.29) is 22.8 Å². The molecule has 30 heavy (non-hydrogen) atoms. The SMILES string of the molecule is C[C@]12CCc3nc(-c4cccc(F)c4)sc3C1=CC[C@@H]1[C@@H]2CC[C@]2(C)C(O)CC[C@@H]12. The second kappa shape index (κ2) is 6.49. The van der Waals surface area contributed by atoms with E-state index in [0.29, 0.717) is 17.8 Å². The molecule has 0 aliphatic heterocycles. The van der Waals surface area contributed by atoms with Crippen LogP contribution >= 0.6 is 11.3 Å². The summed E-state index contributed by atoms with van der Waals surface area (Å²) in [5.41, 5.74) is 3.93. The minimum Gasteiger partial charge on any atom is -0.393 e. The molecule has 6 atom stereocenters. The summed E-state index contributed by atoms with van der Waals surface area (Å²) in [6, 6.07) is 6.83. The van der Waals surface area contributed by atoms with Gasteiger partial charge in [-0.3, -0.25) is 0 Å². The van der Waals surface area contributed by atoms with Crippen LogP contribution in [0.15, 0.2) is 30.3 Å². The average molecular weight is 424 g/mol. The highest BCUT2D eigenvalue weighted by Gasteiger charge is 2.58. The lowest BCUT2D eigenvalue weighted by Crippen LogP contribution is -2.50. The van der Waals surface area contributed by atoms with Crippen LogP contribution in [0.5, 0.6) is 0 Å². The van der Waals surface area contributed by atoms with Crippen LogP contribution in [0.4, 0.5) is 4.39 Å². The number of aliphatic hydroxyl groups excluding tert-OH is 1. The number of hydrogen-bond acceptors (Lipinski definition) is 3. The quantitative estimate of drug-likeness (QED) is 0.568. The van der Waals surface area contributed by atoms with E-state index in [1.807, 2.05) is 6.07 Å². The van der Waals surface area contributed by atoms with Crippen LogP contribution in [-0.4, -0.2) is 16.2 Å². The number of benzene rings is 1. The maximum Gasteiger partial charge on any atom is 0.124 e. The zero-order valence-corrected chi connectivity index (χ0v) is 18.6. The summed E-state index contributed by atoms with van der Waals surface area (Å²) in [4.78, 5) is 6.29. The number of rotatable bonds is 1. The van der Waals surface area contributed by atoms with Gasteiger partial charge in [0.05, 0.1) is 16.7 Å². The minimum absolute atomic E-state index is 0.116. The molecule has 4 heteroatoms. The molecule has 2 saturated carbocycles. The average Bonchev–Trinajstić information content (AvgIpc) is 3.29. The highest BCUT2D eigenvalue weighted by Crippen LogP contribution is 2.66. The van der Waals surface area contributed by atoms with Crippen molar-refractivity contribution in [3.8, 4) is 10.6 Å². The maximum absolute atomic E-state index is 13.8. The topological polar surface area (TPSA) is 33.1 Å². The zero-order chi connectivity index (χ0) is 20.7. The first-order valence-electron chi connectivity index (χ1n) is 11.5. The molecule has 1 aromatic heterocycles. The third kappa shape index (κ3) is 2.53. The van der Waals surface area contributed by atoms with Crippen molar-refractivity contribution in [1.82, 2.24) is 4.98 Å². The first kappa shape index (κ1) is 19.2. The highest BCUT2D eigenvalue weighted by molar-refractivity contribution is 7.16. The van der Waals surface area contributed by atoms with Gasteiger partial charge in [-0.2, -0.15) is 0 Å². The van der Waals surface area contributed by atoms with Crippen molar-refractivity contribution in [2.45, 2.75) is 64.9 Å². The number of aliphatic hydroxyl groups is 1. The monoisotopic (exact) mass is 423 g/mol. The van der Waals surface area contributed by atoms with Crippen molar-refractivity contribution in [3.05, 3.63) is 46.7 Å². The van der Waals surface area contributed by atoms with Gasteiger partial charge in [-0.25, -0.2) is 9.37 Å². The summed E-state index contributed by atoms with van der Waals surface area (Å²) < 4.78 is 13.8. The predicted molar refractivity (Wildman–Crippen MR) is 120 cm³/mol. The number of thiazole rings is 1. The van der Waals surface area contributed by atoms with Crippen molar-refractivity contribution in [1.29, 1.82) is 0 Å². The number of aromatic nitrogens is 1. The summed E-state index contributed by atoms with van der Waals surface area (Å²) in [6.45, 7) is 4.84. The van der Waals surface area contributed by atoms with Crippen LogP contribution < -0.4 is 0 Å². The Bertz CT molecular complexity index is 1040. The molecule has 0 bridgehead atoms. The number of fused-ring (bicyclic) bond motifs is 7. The van der Waals surface area contributed by atoms with E-state index in [0.717, 1.165) is 42.7 Å². The van der Waals surface area contributed by atoms with E-state index in [4.69, 9.17) is 4.98 Å². The molecule has 0 spiro atoms. The summed E-state index contributed by atoms with van der Waals surface area (Å²) in [5, 5.41) is 11.6. The Balaban J connectivity index is 1.39. The minimum atomic E-state index is -0.200. The summed E-state index contributed by atoms with van der Waals surface area (Å²) >= 11 is 1.75. The molecular formula is C26H30FNOS. The van der Waals surface area contributed by atoms with Gasteiger partial charge in [0.1, 0.15) is 10.8 Å². The molecule has 4 aliphatic rings. The lowest BCUT2D eigenvalue weighted by molar-refractivity contribution is -0.0579. The number of halogens is 1. The Morgan fingerprint density at radius 2 is 2.00 bits per heavy atom. The summed E-state index contributed by atoms with van der Waals surface area (Å²) in [7, 11) is 0. The molecule has 1 aromatic carbocycles. The Hall–Kier alpha value is -1.52. The van der Waals surface area contributed by atoms with E-state index < -0.39 is 0 Å². The van der Waals surface area contributed by atoms with Crippen molar-refractivity contribution >= 4 is 16.9 Å². The normalized spacial score (nSPS) is 39.5. The molecule has 4 aliphatic carbocycles. The van der Waals surface area contributed by atoms with Gasteiger partial charge < -0.3 is 5.11 Å². The predicted octanol–water partition coefficient (Wildman–Crippen LogP) is 6.49. The molecule has 158 valence electrons. The molecule has 1 heterocycles. The maximum atomic E-state index is 13.8. The zero-order valence-electron chi connectivity index (χ0n) is 17.8. The lowest BCUT2D eigenvalue weighted by Gasteiger charge is -2.56. The molecule has 2 nitrogen and oxygen atoms in total. The number of allylic oxidation sites excluding steroid dienone is 2. The molecule has 0 saturated heterocycles. The third-order valence-corrected chi connectivity index (χ3v) is 10.5. The van der Waals surface area contributed by atoms with Gasteiger partial charge in [-0.05, 0) is 91.2 Å². The fourth-order valence-corrected chi connectivity index (χ4v) is 8.88. The fraction of sp³-hybridized carbons (Fsp3) is 0.577. The second-order valence-corrected chi connectivity index (χ2v) is 11.6. The molecule has 0 radical (unpaired) electrons. The molecule has 1 unspecified atom stereocenters. The standard InChI is InChI=1S/C26H30FNOS/c1-25-13-11-21-23(30-24(28-21)15-4-3-5-16(27)14-15)20(25)7-6-17-18-8-9-22(29)26(18,2)12-10-19(17)25/h3-5,7,14,17-19,22,29H,6,8-13H2,1-2H3/t17-,18-,19-,22?,25+,26-/m0/s1. The molecule has 2 aromatic rings. The molecule has 0 amide bonds. The van der Waals surface area contributed by atoms with Crippen molar-refractivity contribution in [2.75, 3.05) is 0 Å². The van der Waals surface area contributed by atoms with Crippen LogP contribution in [-0.2, 0) is 6.42 Å². The van der Waals surface area contributed by atoms with Crippen molar-refractivity contribution < 1.29 is 9.50 Å². The first-order chi connectivity index (χ1) is 14.4. The van der Waals surface area contributed by atoms with Crippen molar-refractivity contribution in [3.63, 3.8) is 0 Å². The first-order valence-corrected chi connectivity index (χ1v) is 12.4. The van der Waals surface area contributed by atoms with Crippen molar-refractivity contribution in [2.24, 2.45) is 28.6 Å². The van der Waals surface area contributed by atoms with Crippen LogP contribution in [0.1, 0.15) is 62.9 Å². The highest BCUT2D eigenvalue weighted by atomic mass is 32.1. The lowest BCUT2D eigenvalue weighted by atomic mass is 9.48. The van der Waals surface area contributed by atoms with E-state index in [2.05, 4.69) is 19.9 Å². The molecule has 1 N–H and O–H groups in total. The second-order valence-electron chi connectivity index (χ2n) is 10.6. The van der Waals surface area contributed by atoms with Gasteiger partial charge in [0.2, 0.25) is 0 Å². The summed E-state index contributed by atoms with van der Waals surface area (Å²) in [6.07, 6.45) is 10.3. The van der Waals surface area contributed by atoms with E-state index >= 15 is 0 Å². The number of hydrogen-bond donors (Lipinski definition) is 1. The largest absolute Gasteiger partial charge is 0.393 e. The molecule has 6 rings (SSSR count). The fourth-order valence-electron chi connectivity index (χ4n) is 7.59. The van der Waals surface area contributed by atoms with E-state index in [1.165, 1.54) is 35.1 Å². The van der Waals surface area contributed by atoms with E-state index in [1.54, 1.807) is 23.5 Å². The number of nitrogens with zero attached hydrogens (tertiary/aromatic N) is 1.